The number of benzene rings is 1. The molecule has 1 aliphatic carbocycles. The van der Waals surface area contributed by atoms with Gasteiger partial charge in [0.25, 0.3) is 0 Å². The third-order valence-corrected chi connectivity index (χ3v) is 5.71. The minimum Gasteiger partial charge on any atom is -0.328 e. The van der Waals surface area contributed by atoms with Gasteiger partial charge >= 0.3 is 0 Å². The molecule has 0 radical (unpaired) electrons. The molecule has 1 aliphatic rings. The molecule has 23 heavy (non-hydrogen) atoms. The first kappa shape index (κ1) is 16.5. The Bertz CT molecular complexity index is 669. The fourth-order valence-electron chi connectivity index (χ4n) is 2.90. The van der Waals surface area contributed by atoms with Gasteiger partial charge in [0, 0.05) is 27.8 Å². The third kappa shape index (κ3) is 4.13. The minimum atomic E-state index is 0.0203. The minimum absolute atomic E-state index is 0.0203. The van der Waals surface area contributed by atoms with Gasteiger partial charge in [0.05, 0.1) is 5.69 Å². The lowest BCUT2D eigenvalue weighted by Gasteiger charge is -2.25. The van der Waals surface area contributed by atoms with Gasteiger partial charge in [-0.2, -0.15) is 0 Å². The predicted molar refractivity (Wildman–Crippen MR) is 97.9 cm³/mol. The Morgan fingerprint density at radius 2 is 2.13 bits per heavy atom. The van der Waals surface area contributed by atoms with Crippen molar-refractivity contribution in [2.45, 2.75) is 36.6 Å². The second kappa shape index (κ2) is 7.47. The number of thiazole rings is 1. The lowest BCUT2D eigenvalue weighted by atomic mass is 9.86. The molecule has 1 fully saturated rings. The molecule has 2 unspecified atom stereocenters. The first-order chi connectivity index (χ1) is 11.2. The lowest BCUT2D eigenvalue weighted by Crippen LogP contribution is -2.34. The van der Waals surface area contributed by atoms with Gasteiger partial charge in [-0.15, -0.1) is 23.1 Å². The van der Waals surface area contributed by atoms with Gasteiger partial charge < -0.3 is 11.1 Å². The highest BCUT2D eigenvalue weighted by atomic mass is 32.2. The van der Waals surface area contributed by atoms with E-state index in [-0.39, 0.29) is 17.9 Å². The molecular formula is C17H21N3OS2. The van der Waals surface area contributed by atoms with Gasteiger partial charge in [-0.3, -0.25) is 4.79 Å². The van der Waals surface area contributed by atoms with E-state index in [2.05, 4.69) is 40.8 Å². The molecule has 1 amide bonds. The van der Waals surface area contributed by atoms with Crippen LogP contribution in [0.25, 0.3) is 11.3 Å². The van der Waals surface area contributed by atoms with E-state index in [0.717, 1.165) is 36.9 Å². The first-order valence-electron chi connectivity index (χ1n) is 7.82. The van der Waals surface area contributed by atoms with Crippen molar-refractivity contribution in [1.82, 2.24) is 4.98 Å². The number of aromatic nitrogens is 1. The molecule has 1 saturated carbocycles. The van der Waals surface area contributed by atoms with Crippen LogP contribution in [0.3, 0.4) is 0 Å². The van der Waals surface area contributed by atoms with Gasteiger partial charge in [-0.1, -0.05) is 18.6 Å². The summed E-state index contributed by atoms with van der Waals surface area (Å²) in [5.41, 5.74) is 7.94. The van der Waals surface area contributed by atoms with E-state index in [1.807, 2.05) is 5.38 Å². The van der Waals surface area contributed by atoms with Crippen LogP contribution in [0.4, 0.5) is 5.13 Å². The van der Waals surface area contributed by atoms with Crippen LogP contribution < -0.4 is 11.1 Å². The second-order valence-corrected chi connectivity index (χ2v) is 7.62. The summed E-state index contributed by atoms with van der Waals surface area (Å²) >= 11 is 3.19. The smallest absolute Gasteiger partial charge is 0.229 e. The van der Waals surface area contributed by atoms with Crippen molar-refractivity contribution in [2.75, 3.05) is 11.6 Å². The molecule has 3 rings (SSSR count). The van der Waals surface area contributed by atoms with Gasteiger partial charge in [0.15, 0.2) is 5.13 Å². The third-order valence-electron chi connectivity index (χ3n) is 4.21. The van der Waals surface area contributed by atoms with Crippen molar-refractivity contribution in [1.29, 1.82) is 0 Å². The van der Waals surface area contributed by atoms with Crippen LogP contribution in [-0.4, -0.2) is 23.2 Å². The molecule has 122 valence electrons. The van der Waals surface area contributed by atoms with Crippen LogP contribution in [0.2, 0.25) is 0 Å². The summed E-state index contributed by atoms with van der Waals surface area (Å²) < 4.78 is 0. The number of thioether (sulfide) groups is 1. The van der Waals surface area contributed by atoms with Crippen LogP contribution in [0, 0.1) is 5.92 Å². The summed E-state index contributed by atoms with van der Waals surface area (Å²) in [6.07, 6.45) is 5.82. The maximum absolute atomic E-state index is 12.3. The number of nitrogens with zero attached hydrogens (tertiary/aromatic N) is 1. The Kier molecular flexibility index (Phi) is 5.35. The number of hydrogen-bond donors (Lipinski definition) is 2. The fourth-order valence-corrected chi connectivity index (χ4v) is 4.03. The van der Waals surface area contributed by atoms with E-state index in [9.17, 15) is 4.79 Å². The standard InChI is InChI=1S/C17H21N3OS2/c1-22-14-7-5-11(6-8-14)15-10-23-17(19-15)20-16(21)12-3-2-4-13(18)9-12/h5-8,10,12-13H,2-4,9,18H2,1H3,(H,19,20,21). The van der Waals surface area contributed by atoms with E-state index in [1.54, 1.807) is 11.8 Å². The number of rotatable bonds is 4. The van der Waals surface area contributed by atoms with Crippen LogP contribution in [0.5, 0.6) is 0 Å². The van der Waals surface area contributed by atoms with Crippen molar-refractivity contribution in [3.63, 3.8) is 0 Å². The number of nitrogens with one attached hydrogen (secondary N) is 1. The molecule has 2 aromatic rings. The Labute approximate surface area is 144 Å². The summed E-state index contributed by atoms with van der Waals surface area (Å²) in [4.78, 5) is 18.1. The second-order valence-electron chi connectivity index (χ2n) is 5.88. The molecule has 4 nitrogen and oxygen atoms in total. The molecule has 0 bridgehead atoms. The van der Waals surface area contributed by atoms with E-state index >= 15 is 0 Å². The van der Waals surface area contributed by atoms with Gasteiger partial charge in [-0.05, 0) is 37.7 Å². The van der Waals surface area contributed by atoms with Crippen molar-refractivity contribution in [3.8, 4) is 11.3 Å². The molecule has 6 heteroatoms. The molecule has 1 heterocycles. The van der Waals surface area contributed by atoms with Crippen molar-refractivity contribution >= 4 is 34.1 Å². The summed E-state index contributed by atoms with van der Waals surface area (Å²) in [5, 5.41) is 5.60. The van der Waals surface area contributed by atoms with Crippen molar-refractivity contribution in [3.05, 3.63) is 29.6 Å². The number of carbonyl (C=O) groups excluding carboxylic acids is 1. The number of amides is 1. The molecular weight excluding hydrogens is 326 g/mol. The van der Waals surface area contributed by atoms with Gasteiger partial charge in [-0.25, -0.2) is 4.98 Å². The summed E-state index contributed by atoms with van der Waals surface area (Å²) in [6, 6.07) is 8.45. The van der Waals surface area contributed by atoms with Gasteiger partial charge in [0.1, 0.15) is 0 Å². The normalized spacial score (nSPS) is 21.1. The van der Waals surface area contributed by atoms with E-state index in [1.165, 1.54) is 16.2 Å². The lowest BCUT2D eigenvalue weighted by molar-refractivity contribution is -0.120. The average Bonchev–Trinajstić information content (AvgIpc) is 3.03. The summed E-state index contributed by atoms with van der Waals surface area (Å²) in [6.45, 7) is 0. The average molecular weight is 348 g/mol. The molecule has 1 aromatic carbocycles. The molecule has 1 aromatic heterocycles. The predicted octanol–water partition coefficient (Wildman–Crippen LogP) is 3.99. The molecule has 0 aliphatic heterocycles. The Morgan fingerprint density at radius 1 is 1.35 bits per heavy atom. The van der Waals surface area contributed by atoms with Crippen LogP contribution in [-0.2, 0) is 4.79 Å². The zero-order valence-corrected chi connectivity index (χ0v) is 14.8. The molecule has 0 spiro atoms. The largest absolute Gasteiger partial charge is 0.328 e. The quantitative estimate of drug-likeness (QED) is 0.821. The van der Waals surface area contributed by atoms with Crippen LogP contribution in [0.15, 0.2) is 34.5 Å². The molecule has 2 atom stereocenters. The SMILES string of the molecule is CSc1ccc(-c2csc(NC(=O)C3CCCC(N)C3)n2)cc1. The van der Waals surface area contributed by atoms with E-state index in [4.69, 9.17) is 5.73 Å². The fraction of sp³-hybridized carbons (Fsp3) is 0.412. The van der Waals surface area contributed by atoms with Gasteiger partial charge in [0.2, 0.25) is 5.91 Å². The zero-order chi connectivity index (χ0) is 16.2. The van der Waals surface area contributed by atoms with E-state index in [0.29, 0.717) is 5.13 Å². The highest BCUT2D eigenvalue weighted by Crippen LogP contribution is 2.28. The maximum Gasteiger partial charge on any atom is 0.229 e. The highest BCUT2D eigenvalue weighted by molar-refractivity contribution is 7.98. The number of anilines is 1. The Morgan fingerprint density at radius 3 is 2.83 bits per heavy atom. The topological polar surface area (TPSA) is 68.0 Å². The number of nitrogens with two attached hydrogens (primary N) is 1. The van der Waals surface area contributed by atoms with Crippen LogP contribution >= 0.6 is 23.1 Å². The maximum atomic E-state index is 12.3. The summed E-state index contributed by atoms with van der Waals surface area (Å²) in [7, 11) is 0. The molecule has 3 N–H and O–H groups in total. The Balaban J connectivity index is 1.65. The molecule has 0 saturated heterocycles. The summed E-state index contributed by atoms with van der Waals surface area (Å²) in [5.74, 6) is 0.0748. The number of hydrogen-bond acceptors (Lipinski definition) is 5. The number of carbonyl (C=O) groups is 1. The Hall–Kier alpha value is -1.37. The van der Waals surface area contributed by atoms with Crippen molar-refractivity contribution < 1.29 is 4.79 Å². The zero-order valence-electron chi connectivity index (χ0n) is 13.1. The van der Waals surface area contributed by atoms with Crippen molar-refractivity contribution in [2.24, 2.45) is 11.7 Å². The van der Waals surface area contributed by atoms with E-state index < -0.39 is 0 Å². The first-order valence-corrected chi connectivity index (χ1v) is 9.92. The van der Waals surface area contributed by atoms with Crippen LogP contribution in [0.1, 0.15) is 25.7 Å². The highest BCUT2D eigenvalue weighted by Gasteiger charge is 2.25. The monoisotopic (exact) mass is 347 g/mol.